The lowest BCUT2D eigenvalue weighted by Gasteiger charge is -2.08. The van der Waals surface area contributed by atoms with Gasteiger partial charge in [0.2, 0.25) is 0 Å². The van der Waals surface area contributed by atoms with Crippen LogP contribution in [0.2, 0.25) is 0 Å². The summed E-state index contributed by atoms with van der Waals surface area (Å²) in [5.74, 6) is -0.186. The predicted octanol–water partition coefficient (Wildman–Crippen LogP) is 3.31. The fraction of sp³-hybridized carbons (Fsp3) is 0.200. The Morgan fingerprint density at radius 1 is 1.06 bits per heavy atom. The van der Waals surface area contributed by atoms with Crippen molar-refractivity contribution in [2.24, 2.45) is 0 Å². The van der Waals surface area contributed by atoms with Gasteiger partial charge in [-0.15, -0.1) is 0 Å². The van der Waals surface area contributed by atoms with Crippen LogP contribution >= 0.6 is 0 Å². The number of aryl methyl sites for hydroxylation is 1. The second kappa shape index (κ2) is 4.50. The van der Waals surface area contributed by atoms with Crippen LogP contribution in [0, 0.1) is 6.92 Å². The number of rotatable bonds is 3. The molecule has 2 aromatic rings. The molecule has 0 saturated carbocycles. The third-order valence-electron chi connectivity index (χ3n) is 2.83. The molecule has 17 heavy (non-hydrogen) atoms. The van der Waals surface area contributed by atoms with Gasteiger partial charge < -0.3 is 0 Å². The summed E-state index contributed by atoms with van der Waals surface area (Å²) in [5.41, 5.74) is 1.60. The molecule has 0 radical (unpaired) electrons. The first kappa shape index (κ1) is 11.5. The van der Waals surface area contributed by atoms with Gasteiger partial charge in [0.1, 0.15) is 5.78 Å². The lowest BCUT2D eigenvalue weighted by atomic mass is 9.95. The van der Waals surface area contributed by atoms with Gasteiger partial charge in [0.05, 0.1) is 6.42 Å². The lowest BCUT2D eigenvalue weighted by Crippen LogP contribution is -2.07. The van der Waals surface area contributed by atoms with Crippen molar-refractivity contribution >= 4 is 22.3 Å². The average Bonchev–Trinajstić information content (AvgIpc) is 2.27. The van der Waals surface area contributed by atoms with E-state index in [1.807, 2.05) is 43.3 Å². The first-order valence-electron chi connectivity index (χ1n) is 5.60. The number of hydrogen-bond acceptors (Lipinski definition) is 2. The SMILES string of the molecule is CC(=O)CC(=O)c1c(C)ccc2ccccc12. The van der Waals surface area contributed by atoms with Crippen molar-refractivity contribution in [3.63, 3.8) is 0 Å². The van der Waals surface area contributed by atoms with Crippen LogP contribution in [0.25, 0.3) is 10.8 Å². The van der Waals surface area contributed by atoms with Crippen molar-refractivity contribution in [2.45, 2.75) is 20.3 Å². The molecule has 0 aliphatic carbocycles. The second-order valence-corrected chi connectivity index (χ2v) is 4.28. The normalized spacial score (nSPS) is 10.5. The monoisotopic (exact) mass is 226 g/mol. The largest absolute Gasteiger partial charge is 0.300 e. The van der Waals surface area contributed by atoms with Crippen LogP contribution in [0.4, 0.5) is 0 Å². The van der Waals surface area contributed by atoms with Crippen molar-refractivity contribution < 1.29 is 9.59 Å². The van der Waals surface area contributed by atoms with Crippen molar-refractivity contribution in [3.8, 4) is 0 Å². The number of hydrogen-bond donors (Lipinski definition) is 0. The van der Waals surface area contributed by atoms with Gasteiger partial charge in [-0.1, -0.05) is 36.4 Å². The minimum atomic E-state index is -0.0951. The van der Waals surface area contributed by atoms with Gasteiger partial charge in [-0.05, 0) is 30.2 Å². The van der Waals surface area contributed by atoms with E-state index in [9.17, 15) is 9.59 Å². The van der Waals surface area contributed by atoms with Crippen molar-refractivity contribution in [1.82, 2.24) is 0 Å². The maximum absolute atomic E-state index is 12.1. The van der Waals surface area contributed by atoms with E-state index in [1.54, 1.807) is 0 Å². The smallest absolute Gasteiger partial charge is 0.171 e. The Morgan fingerprint density at radius 3 is 2.47 bits per heavy atom. The summed E-state index contributed by atoms with van der Waals surface area (Å²) >= 11 is 0. The van der Waals surface area contributed by atoms with Gasteiger partial charge in [-0.3, -0.25) is 9.59 Å². The van der Waals surface area contributed by atoms with E-state index >= 15 is 0 Å². The van der Waals surface area contributed by atoms with Crippen molar-refractivity contribution in [2.75, 3.05) is 0 Å². The van der Waals surface area contributed by atoms with E-state index < -0.39 is 0 Å². The van der Waals surface area contributed by atoms with E-state index in [-0.39, 0.29) is 18.0 Å². The summed E-state index contributed by atoms with van der Waals surface area (Å²) in [4.78, 5) is 23.1. The summed E-state index contributed by atoms with van der Waals surface area (Å²) in [6.45, 7) is 3.35. The zero-order valence-corrected chi connectivity index (χ0v) is 9.99. The molecular weight excluding hydrogens is 212 g/mol. The van der Waals surface area contributed by atoms with Gasteiger partial charge in [-0.25, -0.2) is 0 Å². The van der Waals surface area contributed by atoms with Gasteiger partial charge in [-0.2, -0.15) is 0 Å². The zero-order valence-electron chi connectivity index (χ0n) is 9.99. The quantitative estimate of drug-likeness (QED) is 0.594. The Balaban J connectivity index is 2.62. The van der Waals surface area contributed by atoms with Gasteiger partial charge >= 0.3 is 0 Å². The lowest BCUT2D eigenvalue weighted by molar-refractivity contribution is -0.116. The van der Waals surface area contributed by atoms with Crippen LogP contribution < -0.4 is 0 Å². The fourth-order valence-corrected chi connectivity index (χ4v) is 2.07. The van der Waals surface area contributed by atoms with Crippen LogP contribution in [0.15, 0.2) is 36.4 Å². The molecule has 0 saturated heterocycles. The Bertz CT molecular complexity index is 597. The van der Waals surface area contributed by atoms with Crippen molar-refractivity contribution in [1.29, 1.82) is 0 Å². The molecule has 0 aromatic heterocycles. The van der Waals surface area contributed by atoms with E-state index in [4.69, 9.17) is 0 Å². The second-order valence-electron chi connectivity index (χ2n) is 4.28. The number of Topliss-reactive ketones (excluding diaryl/α,β-unsaturated/α-hetero) is 2. The Hall–Kier alpha value is -1.96. The Labute approximate surface area is 100 Å². The van der Waals surface area contributed by atoms with Crippen LogP contribution in [-0.2, 0) is 4.79 Å². The summed E-state index contributed by atoms with van der Waals surface area (Å²) in [6, 6.07) is 11.7. The first-order chi connectivity index (χ1) is 8.09. The summed E-state index contributed by atoms with van der Waals surface area (Å²) < 4.78 is 0. The molecule has 0 spiro atoms. The molecule has 0 bridgehead atoms. The number of benzene rings is 2. The van der Waals surface area contributed by atoms with Crippen LogP contribution in [-0.4, -0.2) is 11.6 Å². The molecule has 0 fully saturated rings. The molecule has 0 heterocycles. The molecule has 2 nitrogen and oxygen atoms in total. The Morgan fingerprint density at radius 2 is 1.76 bits per heavy atom. The molecule has 0 amide bonds. The van der Waals surface area contributed by atoms with E-state index in [1.165, 1.54) is 6.92 Å². The number of carbonyl (C=O) groups excluding carboxylic acids is 2. The highest BCUT2D eigenvalue weighted by Gasteiger charge is 2.14. The molecule has 2 rings (SSSR count). The molecular formula is C15H14O2. The predicted molar refractivity (Wildman–Crippen MR) is 68.3 cm³/mol. The molecule has 2 aromatic carbocycles. The highest BCUT2D eigenvalue weighted by molar-refractivity contribution is 6.15. The van der Waals surface area contributed by atoms with Crippen molar-refractivity contribution in [3.05, 3.63) is 47.5 Å². The van der Waals surface area contributed by atoms with Crippen LogP contribution in [0.3, 0.4) is 0 Å². The minimum absolute atomic E-state index is 0.0190. The highest BCUT2D eigenvalue weighted by Crippen LogP contribution is 2.23. The summed E-state index contributed by atoms with van der Waals surface area (Å²) in [5, 5.41) is 1.96. The molecule has 0 atom stereocenters. The maximum atomic E-state index is 12.1. The molecule has 0 aliphatic rings. The number of ketones is 2. The van der Waals surface area contributed by atoms with Crippen LogP contribution in [0.5, 0.6) is 0 Å². The van der Waals surface area contributed by atoms with Gasteiger partial charge in [0.25, 0.3) is 0 Å². The molecule has 86 valence electrons. The average molecular weight is 226 g/mol. The highest BCUT2D eigenvalue weighted by atomic mass is 16.1. The van der Waals surface area contributed by atoms with Gasteiger partial charge in [0, 0.05) is 5.56 Å². The maximum Gasteiger partial charge on any atom is 0.171 e. The zero-order chi connectivity index (χ0) is 12.4. The summed E-state index contributed by atoms with van der Waals surface area (Å²) in [7, 11) is 0. The number of carbonyl (C=O) groups is 2. The third-order valence-corrected chi connectivity index (χ3v) is 2.83. The Kier molecular flexibility index (Phi) is 3.05. The summed E-state index contributed by atoms with van der Waals surface area (Å²) in [6.07, 6.45) is -0.0190. The topological polar surface area (TPSA) is 34.1 Å². The first-order valence-corrected chi connectivity index (χ1v) is 5.60. The standard InChI is InChI=1S/C15H14O2/c1-10-7-8-12-5-3-4-6-13(12)15(10)14(17)9-11(2)16/h3-8H,9H2,1-2H3. The van der Waals surface area contributed by atoms with Crippen LogP contribution in [0.1, 0.15) is 29.3 Å². The van der Waals surface area contributed by atoms with E-state index in [0.29, 0.717) is 5.56 Å². The van der Waals surface area contributed by atoms with E-state index in [2.05, 4.69) is 0 Å². The fourth-order valence-electron chi connectivity index (χ4n) is 2.07. The third kappa shape index (κ3) is 2.26. The molecule has 0 N–H and O–H groups in total. The number of fused-ring (bicyclic) bond motifs is 1. The molecule has 0 unspecified atom stereocenters. The van der Waals surface area contributed by atoms with Gasteiger partial charge in [0.15, 0.2) is 5.78 Å². The van der Waals surface area contributed by atoms with E-state index in [0.717, 1.165) is 16.3 Å². The molecule has 2 heteroatoms. The minimum Gasteiger partial charge on any atom is -0.300 e. The molecule has 0 aliphatic heterocycles.